The normalized spacial score (nSPS) is 15.1. The fourth-order valence-corrected chi connectivity index (χ4v) is 5.43. The van der Waals surface area contributed by atoms with E-state index >= 15 is 0 Å². The number of hydrogen-bond donors (Lipinski definition) is 4. The number of H-pyrrole nitrogens is 1. The number of ether oxygens (including phenoxy) is 2. The van der Waals surface area contributed by atoms with Gasteiger partial charge in [-0.1, -0.05) is 6.07 Å². The van der Waals surface area contributed by atoms with Gasteiger partial charge >= 0.3 is 0 Å². The Balaban J connectivity index is 1.89. The molecule has 0 bridgehead atoms. The van der Waals surface area contributed by atoms with Gasteiger partial charge in [0.05, 0.1) is 30.7 Å². The fourth-order valence-electron chi connectivity index (χ4n) is 4.22. The molecule has 1 aliphatic heterocycles. The molecule has 0 atom stereocenters. The highest BCUT2D eigenvalue weighted by Crippen LogP contribution is 2.42. The Hall–Kier alpha value is -3.21. The van der Waals surface area contributed by atoms with Gasteiger partial charge in [-0.05, 0) is 30.0 Å². The number of carbonyl (C=O) groups excluding carboxylic acids is 1. The van der Waals surface area contributed by atoms with Crippen LogP contribution in [0.2, 0.25) is 0 Å². The molecule has 1 saturated heterocycles. The number of amidine groups is 1. The zero-order chi connectivity index (χ0) is 23.5. The first-order chi connectivity index (χ1) is 15.9. The summed E-state index contributed by atoms with van der Waals surface area (Å²) in [4.78, 5) is 22.4. The number of rotatable bonds is 8. The molecule has 1 fully saturated rings. The van der Waals surface area contributed by atoms with E-state index < -0.39 is 0 Å². The maximum atomic E-state index is 11.9. The minimum atomic E-state index is 0.0124. The number of nitrogens with zero attached hydrogens (tertiary/aromatic N) is 2. The monoisotopic (exact) mass is 468 g/mol. The Kier molecular flexibility index (Phi) is 6.77. The zero-order valence-electron chi connectivity index (χ0n) is 18.9. The molecule has 1 amide bonds. The quantitative estimate of drug-likeness (QED) is 0.298. The van der Waals surface area contributed by atoms with Crippen LogP contribution >= 0.6 is 11.3 Å². The molecule has 0 radical (unpaired) electrons. The van der Waals surface area contributed by atoms with E-state index in [1.54, 1.807) is 25.6 Å². The van der Waals surface area contributed by atoms with Crippen LogP contribution < -0.4 is 15.8 Å². The largest absolute Gasteiger partial charge is 0.495 e. The molecule has 9 nitrogen and oxygen atoms in total. The third-order valence-corrected chi connectivity index (χ3v) is 6.82. The van der Waals surface area contributed by atoms with Crippen LogP contribution in [0.4, 0.5) is 0 Å². The molecule has 4 rings (SSSR count). The Bertz CT molecular complexity index is 1230. The lowest BCUT2D eigenvalue weighted by Crippen LogP contribution is -2.47. The summed E-state index contributed by atoms with van der Waals surface area (Å²) in [5.74, 6) is 1.06. The summed E-state index contributed by atoms with van der Waals surface area (Å²) in [6.07, 6.45) is 0.932. The number of nitrogens with one attached hydrogen (secondary N) is 3. The molecule has 174 valence electrons. The van der Waals surface area contributed by atoms with E-state index in [4.69, 9.17) is 20.6 Å². The van der Waals surface area contributed by atoms with Crippen LogP contribution in [0.3, 0.4) is 0 Å². The van der Waals surface area contributed by atoms with Crippen molar-refractivity contribution in [3.05, 3.63) is 40.7 Å². The number of thiophene rings is 1. The predicted octanol–water partition coefficient (Wildman–Crippen LogP) is 2.60. The molecule has 0 saturated carbocycles. The van der Waals surface area contributed by atoms with E-state index in [0.29, 0.717) is 31.9 Å². The van der Waals surface area contributed by atoms with Gasteiger partial charge in [0.2, 0.25) is 5.91 Å². The molecule has 3 aromatic rings. The maximum absolute atomic E-state index is 11.9. The van der Waals surface area contributed by atoms with Gasteiger partial charge in [0.25, 0.3) is 0 Å². The van der Waals surface area contributed by atoms with Gasteiger partial charge in [-0.25, -0.2) is 4.99 Å². The Morgan fingerprint density at radius 1 is 1.36 bits per heavy atom. The van der Waals surface area contributed by atoms with Gasteiger partial charge in [-0.2, -0.15) is 0 Å². The number of aromatic nitrogens is 1. The van der Waals surface area contributed by atoms with Gasteiger partial charge in [0.15, 0.2) is 0 Å². The molecule has 3 heterocycles. The second kappa shape index (κ2) is 9.74. The van der Waals surface area contributed by atoms with Crippen molar-refractivity contribution >= 4 is 39.5 Å². The summed E-state index contributed by atoms with van der Waals surface area (Å²) in [5, 5.41) is 11.3. The first-order valence-corrected chi connectivity index (χ1v) is 11.4. The van der Waals surface area contributed by atoms with Gasteiger partial charge in [-0.15, -0.1) is 11.3 Å². The molecule has 5 N–H and O–H groups in total. The highest BCUT2D eigenvalue weighted by Gasteiger charge is 2.25. The Morgan fingerprint density at radius 3 is 2.88 bits per heavy atom. The molecule has 0 spiro atoms. The fraction of sp³-hybridized carbons (Fsp3) is 0.348. The predicted molar refractivity (Wildman–Crippen MR) is 131 cm³/mol. The number of aryl methyl sites for hydroxylation is 1. The van der Waals surface area contributed by atoms with Gasteiger partial charge in [0, 0.05) is 48.4 Å². The van der Waals surface area contributed by atoms with Crippen LogP contribution in [0.5, 0.6) is 5.75 Å². The van der Waals surface area contributed by atoms with E-state index in [2.05, 4.69) is 32.3 Å². The minimum Gasteiger partial charge on any atom is -0.495 e. The molecule has 0 aliphatic carbocycles. The zero-order valence-corrected chi connectivity index (χ0v) is 19.8. The number of hydrogen-bond acceptors (Lipinski definition) is 6. The first-order valence-electron chi connectivity index (χ1n) is 10.6. The van der Waals surface area contributed by atoms with Crippen molar-refractivity contribution in [2.45, 2.75) is 20.1 Å². The molecule has 10 heteroatoms. The van der Waals surface area contributed by atoms with Crippen molar-refractivity contribution in [2.75, 3.05) is 33.9 Å². The molecule has 33 heavy (non-hydrogen) atoms. The van der Waals surface area contributed by atoms with Crippen LogP contribution in [0.25, 0.3) is 20.5 Å². The average molecular weight is 469 g/mol. The number of aliphatic imine (C=N–C) groups is 1. The van der Waals surface area contributed by atoms with Crippen LogP contribution in [0, 0.1) is 12.3 Å². The Labute approximate surface area is 196 Å². The highest BCUT2D eigenvalue weighted by atomic mass is 32.1. The lowest BCUT2D eigenvalue weighted by Gasteiger charge is -2.26. The van der Waals surface area contributed by atoms with Gasteiger partial charge in [-0.3, -0.25) is 15.1 Å². The Morgan fingerprint density at radius 2 is 2.18 bits per heavy atom. The second-order valence-electron chi connectivity index (χ2n) is 7.97. The summed E-state index contributed by atoms with van der Waals surface area (Å²) >= 11 is 1.61. The number of piperazine rings is 1. The van der Waals surface area contributed by atoms with Crippen molar-refractivity contribution < 1.29 is 14.3 Å². The summed E-state index contributed by atoms with van der Waals surface area (Å²) in [6.45, 7) is 4.66. The van der Waals surface area contributed by atoms with E-state index in [0.717, 1.165) is 56.0 Å². The van der Waals surface area contributed by atoms with E-state index in [1.807, 2.05) is 13.0 Å². The van der Waals surface area contributed by atoms with Crippen molar-refractivity contribution in [3.63, 3.8) is 0 Å². The van der Waals surface area contributed by atoms with Crippen molar-refractivity contribution in [1.82, 2.24) is 15.2 Å². The van der Waals surface area contributed by atoms with E-state index in [1.165, 1.54) is 0 Å². The molecule has 0 unspecified atom stereocenters. The lowest BCUT2D eigenvalue weighted by molar-refractivity contribution is -0.124. The van der Waals surface area contributed by atoms with Gasteiger partial charge < -0.3 is 25.5 Å². The highest BCUT2D eigenvalue weighted by molar-refractivity contribution is 7.22. The van der Waals surface area contributed by atoms with Crippen molar-refractivity contribution in [3.8, 4) is 16.2 Å². The summed E-state index contributed by atoms with van der Waals surface area (Å²) < 4.78 is 12.2. The van der Waals surface area contributed by atoms with Crippen LogP contribution in [-0.2, 0) is 22.7 Å². The standard InChI is InChI=1S/C23H28N6O3S/c1-13-6-14-8-18(33-22(14)17(7-13)32-3)20-15(11-31-2)16(28-21(20)23(25)27-12-24)9-29-5-4-26-19(30)10-29/h6-8,12,28H,4-5,9-11H2,1-3H3,(H,26,30)(H3,24,25,27). The summed E-state index contributed by atoms with van der Waals surface area (Å²) in [7, 11) is 3.33. The average Bonchev–Trinajstić information content (AvgIpc) is 3.35. The van der Waals surface area contributed by atoms with Crippen LogP contribution in [0.15, 0.2) is 23.2 Å². The first kappa shape index (κ1) is 23.0. The second-order valence-corrected chi connectivity index (χ2v) is 9.02. The smallest absolute Gasteiger partial charge is 0.234 e. The topological polar surface area (TPSA) is 129 Å². The van der Waals surface area contributed by atoms with E-state index in [9.17, 15) is 4.79 Å². The number of carbonyl (C=O) groups is 1. The third-order valence-electron chi connectivity index (χ3n) is 5.63. The lowest BCUT2D eigenvalue weighted by atomic mass is 10.0. The molecular weight excluding hydrogens is 440 g/mol. The molecule has 2 aromatic heterocycles. The van der Waals surface area contributed by atoms with Crippen molar-refractivity contribution in [1.29, 1.82) is 5.41 Å². The number of methoxy groups -OCH3 is 2. The number of nitrogens with two attached hydrogens (primary N) is 1. The van der Waals surface area contributed by atoms with E-state index in [-0.39, 0.29) is 11.7 Å². The van der Waals surface area contributed by atoms with Crippen LogP contribution in [-0.4, -0.2) is 61.8 Å². The SMILES string of the molecule is COCc1c(CN2CCNC(=O)C2)[nH]c(C(N)=NC=N)c1-c1cc2cc(C)cc(OC)c2s1. The van der Waals surface area contributed by atoms with Crippen LogP contribution in [0.1, 0.15) is 22.5 Å². The summed E-state index contributed by atoms with van der Waals surface area (Å²) in [5.41, 5.74) is 10.8. The molecular formula is C23H28N6O3S. The third kappa shape index (κ3) is 4.63. The molecule has 1 aromatic carbocycles. The number of fused-ring (bicyclic) bond motifs is 1. The van der Waals surface area contributed by atoms with Gasteiger partial charge in [0.1, 0.15) is 17.9 Å². The maximum Gasteiger partial charge on any atom is 0.234 e. The van der Waals surface area contributed by atoms with Crippen molar-refractivity contribution in [2.24, 2.45) is 10.7 Å². The number of benzene rings is 1. The molecule has 1 aliphatic rings. The minimum absolute atomic E-state index is 0.0124. The summed E-state index contributed by atoms with van der Waals surface area (Å²) in [6, 6.07) is 6.27. The number of aromatic amines is 1. The number of amides is 1.